The lowest BCUT2D eigenvalue weighted by Gasteiger charge is -2.06. The minimum absolute atomic E-state index is 0.108. The Labute approximate surface area is 111 Å². The van der Waals surface area contributed by atoms with Crippen molar-refractivity contribution >= 4 is 23.3 Å². The molecule has 1 aromatic rings. The summed E-state index contributed by atoms with van der Waals surface area (Å²) < 4.78 is 0. The average molecular weight is 269 g/mol. The number of nitrogens with two attached hydrogens (primary N) is 2. The summed E-state index contributed by atoms with van der Waals surface area (Å²) >= 11 is 5.83. The molecule has 0 bridgehead atoms. The van der Waals surface area contributed by atoms with Crippen LogP contribution < -0.4 is 11.5 Å². The number of carbonyl (C=O) groups excluding carboxylic acids is 2. The second-order valence-corrected chi connectivity index (χ2v) is 4.51. The molecule has 4 nitrogen and oxygen atoms in total. The first-order chi connectivity index (χ1) is 8.56. The molecule has 0 aliphatic rings. The van der Waals surface area contributed by atoms with Crippen molar-refractivity contribution in [3.05, 3.63) is 34.3 Å². The second kappa shape index (κ2) is 7.13. The third kappa shape index (κ3) is 4.13. The summed E-state index contributed by atoms with van der Waals surface area (Å²) in [6.07, 6.45) is 2.92. The quantitative estimate of drug-likeness (QED) is 0.587. The van der Waals surface area contributed by atoms with E-state index in [1.807, 2.05) is 0 Å². The first-order valence-electron chi connectivity index (χ1n) is 5.89. The normalized spacial score (nSPS) is 10.3. The van der Waals surface area contributed by atoms with E-state index >= 15 is 0 Å². The minimum Gasteiger partial charge on any atom is -0.366 e. The van der Waals surface area contributed by atoms with Crippen LogP contribution in [0.5, 0.6) is 0 Å². The summed E-state index contributed by atoms with van der Waals surface area (Å²) in [6.45, 7) is 0.623. The Morgan fingerprint density at radius 3 is 2.44 bits per heavy atom. The minimum atomic E-state index is -0.614. The Balaban J connectivity index is 2.77. The molecule has 0 aromatic heterocycles. The fourth-order valence-electron chi connectivity index (χ4n) is 1.70. The number of amides is 1. The number of ketones is 1. The molecule has 1 rings (SSSR count). The van der Waals surface area contributed by atoms with Gasteiger partial charge in [-0.3, -0.25) is 9.59 Å². The van der Waals surface area contributed by atoms with Crippen molar-refractivity contribution in [2.24, 2.45) is 11.5 Å². The zero-order valence-electron chi connectivity index (χ0n) is 10.1. The molecule has 0 aliphatic carbocycles. The molecular weight excluding hydrogens is 252 g/mol. The van der Waals surface area contributed by atoms with E-state index in [-0.39, 0.29) is 11.3 Å². The highest BCUT2D eigenvalue weighted by Crippen LogP contribution is 2.18. The van der Waals surface area contributed by atoms with Gasteiger partial charge in [-0.2, -0.15) is 0 Å². The van der Waals surface area contributed by atoms with E-state index in [2.05, 4.69) is 0 Å². The first-order valence-corrected chi connectivity index (χ1v) is 6.26. The highest BCUT2D eigenvalue weighted by molar-refractivity contribution is 6.31. The molecule has 1 amide bonds. The highest BCUT2D eigenvalue weighted by Gasteiger charge is 2.15. The predicted molar refractivity (Wildman–Crippen MR) is 71.8 cm³/mol. The van der Waals surface area contributed by atoms with Crippen LogP contribution in [0.3, 0.4) is 0 Å². The van der Waals surface area contributed by atoms with Crippen LogP contribution in [-0.4, -0.2) is 18.2 Å². The molecular formula is C13H17ClN2O2. The van der Waals surface area contributed by atoms with Crippen LogP contribution >= 0.6 is 11.6 Å². The summed E-state index contributed by atoms with van der Waals surface area (Å²) in [5.41, 5.74) is 11.1. The van der Waals surface area contributed by atoms with Crippen LogP contribution in [-0.2, 0) is 0 Å². The van der Waals surface area contributed by atoms with Gasteiger partial charge in [0.05, 0.1) is 0 Å². The number of unbranched alkanes of at least 4 members (excludes halogenated alkanes) is 2. The van der Waals surface area contributed by atoms with Crippen molar-refractivity contribution in [3.63, 3.8) is 0 Å². The molecule has 0 radical (unpaired) electrons. The zero-order valence-corrected chi connectivity index (χ0v) is 10.9. The molecule has 0 aliphatic heterocycles. The number of halogens is 1. The highest BCUT2D eigenvalue weighted by atomic mass is 35.5. The van der Waals surface area contributed by atoms with Gasteiger partial charge < -0.3 is 11.5 Å². The van der Waals surface area contributed by atoms with Gasteiger partial charge in [-0.05, 0) is 37.6 Å². The second-order valence-electron chi connectivity index (χ2n) is 4.08. The number of Topliss-reactive ketones (excluding diaryl/α,β-unsaturated/α-hetero) is 1. The van der Waals surface area contributed by atoms with Crippen LogP contribution in [0.25, 0.3) is 0 Å². The van der Waals surface area contributed by atoms with Gasteiger partial charge in [0.1, 0.15) is 0 Å². The van der Waals surface area contributed by atoms with Gasteiger partial charge in [0.15, 0.2) is 5.78 Å². The number of primary amides is 1. The van der Waals surface area contributed by atoms with E-state index in [0.29, 0.717) is 23.6 Å². The van der Waals surface area contributed by atoms with Crippen molar-refractivity contribution in [1.82, 2.24) is 0 Å². The van der Waals surface area contributed by atoms with Gasteiger partial charge in [-0.15, -0.1) is 0 Å². The maximum absolute atomic E-state index is 12.0. The molecule has 98 valence electrons. The number of rotatable bonds is 7. The zero-order chi connectivity index (χ0) is 13.5. The summed E-state index contributed by atoms with van der Waals surface area (Å²) in [5, 5.41) is 0.422. The fourth-order valence-corrected chi connectivity index (χ4v) is 1.88. The van der Waals surface area contributed by atoms with Crippen LogP contribution in [0.4, 0.5) is 0 Å². The van der Waals surface area contributed by atoms with Gasteiger partial charge in [-0.25, -0.2) is 0 Å². The molecule has 5 heteroatoms. The van der Waals surface area contributed by atoms with Gasteiger partial charge in [0.2, 0.25) is 5.91 Å². The Morgan fingerprint density at radius 1 is 1.11 bits per heavy atom. The van der Waals surface area contributed by atoms with Gasteiger partial charge in [0, 0.05) is 22.6 Å². The summed E-state index contributed by atoms with van der Waals surface area (Å²) in [7, 11) is 0. The lowest BCUT2D eigenvalue weighted by Crippen LogP contribution is -2.16. The molecule has 18 heavy (non-hydrogen) atoms. The third-order valence-electron chi connectivity index (χ3n) is 2.66. The summed E-state index contributed by atoms with van der Waals surface area (Å²) in [4.78, 5) is 23.2. The Hall–Kier alpha value is -1.39. The molecule has 0 atom stereocenters. The number of benzene rings is 1. The van der Waals surface area contributed by atoms with Crippen molar-refractivity contribution in [1.29, 1.82) is 0 Å². The van der Waals surface area contributed by atoms with Crippen molar-refractivity contribution in [2.75, 3.05) is 6.54 Å². The Bertz CT molecular complexity index is 447. The smallest absolute Gasteiger partial charge is 0.249 e. The number of hydrogen-bond acceptors (Lipinski definition) is 3. The van der Waals surface area contributed by atoms with E-state index < -0.39 is 5.91 Å². The molecule has 0 unspecified atom stereocenters. The molecule has 0 heterocycles. The lowest BCUT2D eigenvalue weighted by atomic mass is 9.99. The van der Waals surface area contributed by atoms with Gasteiger partial charge in [-0.1, -0.05) is 18.0 Å². The standard InChI is InChI=1S/C13H17ClN2O2/c14-9-5-6-10(13(16)18)11(8-9)12(17)4-2-1-3-7-15/h5-6,8H,1-4,7,15H2,(H2,16,18). The molecule has 0 fully saturated rings. The largest absolute Gasteiger partial charge is 0.366 e. The summed E-state index contributed by atoms with van der Waals surface area (Å²) in [5.74, 6) is -0.722. The van der Waals surface area contributed by atoms with Crippen LogP contribution in [0.2, 0.25) is 5.02 Å². The van der Waals surface area contributed by atoms with Crippen molar-refractivity contribution < 1.29 is 9.59 Å². The molecule has 0 spiro atoms. The monoisotopic (exact) mass is 268 g/mol. The van der Waals surface area contributed by atoms with E-state index in [9.17, 15) is 9.59 Å². The average Bonchev–Trinajstić information content (AvgIpc) is 2.34. The van der Waals surface area contributed by atoms with E-state index in [1.165, 1.54) is 12.1 Å². The number of carbonyl (C=O) groups is 2. The predicted octanol–water partition coefficient (Wildman–Crippen LogP) is 2.14. The van der Waals surface area contributed by atoms with E-state index in [0.717, 1.165) is 19.3 Å². The van der Waals surface area contributed by atoms with E-state index in [1.54, 1.807) is 6.07 Å². The number of hydrogen-bond donors (Lipinski definition) is 2. The van der Waals surface area contributed by atoms with Crippen LogP contribution in [0, 0.1) is 0 Å². The Kier molecular flexibility index (Phi) is 5.82. The maximum Gasteiger partial charge on any atom is 0.249 e. The SMILES string of the molecule is NCCCCCC(=O)c1cc(Cl)ccc1C(N)=O. The van der Waals surface area contributed by atoms with Crippen molar-refractivity contribution in [3.8, 4) is 0 Å². The molecule has 0 saturated heterocycles. The van der Waals surface area contributed by atoms with Gasteiger partial charge >= 0.3 is 0 Å². The van der Waals surface area contributed by atoms with Gasteiger partial charge in [0.25, 0.3) is 0 Å². The van der Waals surface area contributed by atoms with E-state index in [4.69, 9.17) is 23.1 Å². The topological polar surface area (TPSA) is 86.2 Å². The Morgan fingerprint density at radius 2 is 1.83 bits per heavy atom. The molecule has 1 aromatic carbocycles. The van der Waals surface area contributed by atoms with Crippen molar-refractivity contribution in [2.45, 2.75) is 25.7 Å². The third-order valence-corrected chi connectivity index (χ3v) is 2.89. The lowest BCUT2D eigenvalue weighted by molar-refractivity contribution is 0.0955. The first kappa shape index (κ1) is 14.7. The summed E-state index contributed by atoms with van der Waals surface area (Å²) in [6, 6.07) is 4.53. The fraction of sp³-hybridized carbons (Fsp3) is 0.385. The van der Waals surface area contributed by atoms with Crippen LogP contribution in [0.1, 0.15) is 46.4 Å². The molecule has 0 saturated carbocycles. The molecule has 4 N–H and O–H groups in total. The maximum atomic E-state index is 12.0. The van der Waals surface area contributed by atoms with Crippen LogP contribution in [0.15, 0.2) is 18.2 Å².